The van der Waals surface area contributed by atoms with Gasteiger partial charge in [-0.25, -0.2) is 4.98 Å². The zero-order valence-electron chi connectivity index (χ0n) is 13.2. The number of hydrogen-bond acceptors (Lipinski definition) is 4. The summed E-state index contributed by atoms with van der Waals surface area (Å²) in [5, 5.41) is 5.40. The topological polar surface area (TPSA) is 100 Å². The van der Waals surface area contributed by atoms with Crippen LogP contribution in [0.1, 0.15) is 30.3 Å². The predicted molar refractivity (Wildman–Crippen MR) is 89.6 cm³/mol. The Kier molecular flexibility index (Phi) is 4.60. The second-order valence-corrected chi connectivity index (χ2v) is 5.38. The van der Waals surface area contributed by atoms with E-state index in [1.165, 1.54) is 6.26 Å². The van der Waals surface area contributed by atoms with Crippen LogP contribution in [-0.4, -0.2) is 27.8 Å². The number of aromatic nitrogens is 2. The summed E-state index contributed by atoms with van der Waals surface area (Å²) in [5.74, 6) is -0.212. The number of hydrogen-bond donors (Lipinski definition) is 3. The zero-order chi connectivity index (χ0) is 16.9. The van der Waals surface area contributed by atoms with Gasteiger partial charge in [0.05, 0.1) is 17.3 Å². The molecular formula is C17H18N4O3. The van der Waals surface area contributed by atoms with Crippen molar-refractivity contribution in [1.82, 2.24) is 15.3 Å². The molecule has 7 nitrogen and oxygen atoms in total. The average molecular weight is 326 g/mol. The Balaban J connectivity index is 1.70. The highest BCUT2D eigenvalue weighted by Gasteiger charge is 2.22. The molecule has 1 unspecified atom stereocenters. The molecule has 1 aromatic carbocycles. The summed E-state index contributed by atoms with van der Waals surface area (Å²) >= 11 is 0. The number of imidazole rings is 1. The molecule has 0 aliphatic rings. The summed E-state index contributed by atoms with van der Waals surface area (Å²) in [6.45, 7) is 1.94. The zero-order valence-corrected chi connectivity index (χ0v) is 13.2. The predicted octanol–water partition coefficient (Wildman–Crippen LogP) is 2.69. The minimum Gasteiger partial charge on any atom is -0.459 e. The van der Waals surface area contributed by atoms with Crippen LogP contribution in [0.3, 0.4) is 0 Å². The number of furan rings is 1. The lowest BCUT2D eigenvalue weighted by molar-refractivity contribution is -0.118. The van der Waals surface area contributed by atoms with Gasteiger partial charge in [-0.2, -0.15) is 0 Å². The van der Waals surface area contributed by atoms with Gasteiger partial charge in [-0.05, 0) is 30.7 Å². The maximum Gasteiger partial charge on any atom is 0.287 e. The van der Waals surface area contributed by atoms with Crippen molar-refractivity contribution in [2.75, 3.05) is 5.32 Å². The molecule has 0 radical (unpaired) electrons. The molecule has 3 aromatic rings. The summed E-state index contributed by atoms with van der Waals surface area (Å²) < 4.78 is 5.05. The van der Waals surface area contributed by atoms with Crippen molar-refractivity contribution in [3.63, 3.8) is 0 Å². The highest BCUT2D eigenvalue weighted by Crippen LogP contribution is 2.14. The number of nitrogens with zero attached hydrogens (tertiary/aromatic N) is 1. The summed E-state index contributed by atoms with van der Waals surface area (Å²) in [6.07, 6.45) is 2.67. The lowest BCUT2D eigenvalue weighted by Crippen LogP contribution is -2.43. The smallest absolute Gasteiger partial charge is 0.287 e. The summed E-state index contributed by atoms with van der Waals surface area (Å²) in [6, 6.07) is 9.99. The van der Waals surface area contributed by atoms with E-state index in [9.17, 15) is 9.59 Å². The molecule has 2 amide bonds. The quantitative estimate of drug-likeness (QED) is 0.648. The van der Waals surface area contributed by atoms with Gasteiger partial charge in [0.15, 0.2) is 5.76 Å². The molecular weight excluding hydrogens is 308 g/mol. The molecule has 3 N–H and O–H groups in total. The second kappa shape index (κ2) is 6.99. The number of fused-ring (bicyclic) bond motifs is 1. The van der Waals surface area contributed by atoms with Crippen molar-refractivity contribution in [3.8, 4) is 0 Å². The van der Waals surface area contributed by atoms with Gasteiger partial charge in [0.25, 0.3) is 5.91 Å². The molecule has 0 saturated heterocycles. The third-order valence-electron chi connectivity index (χ3n) is 3.58. The maximum absolute atomic E-state index is 12.5. The van der Waals surface area contributed by atoms with Crippen LogP contribution < -0.4 is 10.6 Å². The molecule has 0 bridgehead atoms. The number of benzene rings is 1. The van der Waals surface area contributed by atoms with E-state index in [0.29, 0.717) is 12.4 Å². The summed E-state index contributed by atoms with van der Waals surface area (Å²) in [5.41, 5.74) is 1.60. The van der Waals surface area contributed by atoms with Crippen LogP contribution in [0.15, 0.2) is 47.1 Å². The van der Waals surface area contributed by atoms with Gasteiger partial charge in [-0.15, -0.1) is 0 Å². The largest absolute Gasteiger partial charge is 0.459 e. The number of aromatic amines is 1. The third kappa shape index (κ3) is 3.45. The summed E-state index contributed by atoms with van der Waals surface area (Å²) in [7, 11) is 0. The molecule has 0 saturated carbocycles. The Morgan fingerprint density at radius 1 is 1.25 bits per heavy atom. The van der Waals surface area contributed by atoms with Gasteiger partial charge in [-0.1, -0.05) is 25.5 Å². The molecule has 1 atom stereocenters. The summed E-state index contributed by atoms with van der Waals surface area (Å²) in [4.78, 5) is 31.9. The van der Waals surface area contributed by atoms with E-state index < -0.39 is 11.9 Å². The molecule has 124 valence electrons. The van der Waals surface area contributed by atoms with Crippen LogP contribution in [0.2, 0.25) is 0 Å². The van der Waals surface area contributed by atoms with Crippen LogP contribution in [-0.2, 0) is 4.79 Å². The minimum atomic E-state index is -0.666. The highest BCUT2D eigenvalue weighted by atomic mass is 16.3. The maximum atomic E-state index is 12.5. The van der Waals surface area contributed by atoms with Crippen LogP contribution >= 0.6 is 0 Å². The number of rotatable bonds is 6. The van der Waals surface area contributed by atoms with Crippen molar-refractivity contribution in [1.29, 1.82) is 0 Å². The SMILES string of the molecule is CCCC(NC(=O)c1ccco1)C(=O)Nc1nc2ccccc2[nH]1. The molecule has 0 aliphatic heterocycles. The lowest BCUT2D eigenvalue weighted by atomic mass is 10.1. The first-order valence-corrected chi connectivity index (χ1v) is 7.77. The molecule has 2 aromatic heterocycles. The standard InChI is InChI=1S/C17H18N4O3/c1-2-6-13(18-16(23)14-9-5-10-24-14)15(22)21-17-19-11-7-3-4-8-12(11)20-17/h3-5,7-10,13H,2,6H2,1H3,(H,18,23)(H2,19,20,21,22). The lowest BCUT2D eigenvalue weighted by Gasteiger charge is -2.16. The first-order chi connectivity index (χ1) is 11.7. The molecule has 0 aliphatic carbocycles. The van der Waals surface area contributed by atoms with Gasteiger partial charge in [0.1, 0.15) is 6.04 Å². The number of para-hydroxylation sites is 2. The van der Waals surface area contributed by atoms with Crippen molar-refractivity contribution in [3.05, 3.63) is 48.4 Å². The number of carbonyl (C=O) groups excluding carboxylic acids is 2. The van der Waals surface area contributed by atoms with Crippen molar-refractivity contribution >= 4 is 28.8 Å². The molecule has 3 rings (SSSR count). The van der Waals surface area contributed by atoms with E-state index in [-0.39, 0.29) is 11.7 Å². The minimum absolute atomic E-state index is 0.174. The average Bonchev–Trinajstić information content (AvgIpc) is 3.23. The monoisotopic (exact) mass is 326 g/mol. The number of amides is 2. The molecule has 7 heteroatoms. The van der Waals surface area contributed by atoms with Crippen LogP contribution in [0.25, 0.3) is 11.0 Å². The first kappa shape index (κ1) is 15.8. The Labute approximate surface area is 138 Å². The Bertz CT molecular complexity index is 806. The van der Waals surface area contributed by atoms with Gasteiger partial charge < -0.3 is 14.7 Å². The normalized spacial score (nSPS) is 12.0. The molecule has 24 heavy (non-hydrogen) atoms. The highest BCUT2D eigenvalue weighted by molar-refractivity contribution is 5.99. The van der Waals surface area contributed by atoms with Crippen LogP contribution in [0.5, 0.6) is 0 Å². The second-order valence-electron chi connectivity index (χ2n) is 5.38. The molecule has 2 heterocycles. The van der Waals surface area contributed by atoms with Crippen molar-refractivity contribution < 1.29 is 14.0 Å². The molecule has 0 fully saturated rings. The van der Waals surface area contributed by atoms with Crippen LogP contribution in [0, 0.1) is 0 Å². The van der Waals surface area contributed by atoms with E-state index in [0.717, 1.165) is 17.5 Å². The third-order valence-corrected chi connectivity index (χ3v) is 3.58. The number of carbonyl (C=O) groups is 2. The number of anilines is 1. The Morgan fingerprint density at radius 2 is 2.08 bits per heavy atom. The van der Waals surface area contributed by atoms with Gasteiger partial charge in [0.2, 0.25) is 11.9 Å². The fourth-order valence-corrected chi connectivity index (χ4v) is 2.41. The Morgan fingerprint density at radius 3 is 2.79 bits per heavy atom. The van der Waals surface area contributed by atoms with E-state index >= 15 is 0 Å². The van der Waals surface area contributed by atoms with Crippen molar-refractivity contribution in [2.45, 2.75) is 25.8 Å². The molecule has 0 spiro atoms. The van der Waals surface area contributed by atoms with E-state index in [1.54, 1.807) is 12.1 Å². The number of H-pyrrole nitrogens is 1. The van der Waals surface area contributed by atoms with E-state index in [2.05, 4.69) is 20.6 Å². The van der Waals surface area contributed by atoms with E-state index in [4.69, 9.17) is 4.42 Å². The van der Waals surface area contributed by atoms with Crippen LogP contribution in [0.4, 0.5) is 5.95 Å². The first-order valence-electron chi connectivity index (χ1n) is 7.77. The Hall–Kier alpha value is -3.09. The van der Waals surface area contributed by atoms with Gasteiger partial charge in [0, 0.05) is 0 Å². The van der Waals surface area contributed by atoms with Gasteiger partial charge >= 0.3 is 0 Å². The van der Waals surface area contributed by atoms with E-state index in [1.807, 2.05) is 31.2 Å². The van der Waals surface area contributed by atoms with Gasteiger partial charge in [-0.3, -0.25) is 14.9 Å². The fourth-order valence-electron chi connectivity index (χ4n) is 2.41. The number of nitrogens with one attached hydrogen (secondary N) is 3. The fraction of sp³-hybridized carbons (Fsp3) is 0.235. The van der Waals surface area contributed by atoms with Crippen molar-refractivity contribution in [2.24, 2.45) is 0 Å².